The Morgan fingerprint density at radius 1 is 1.36 bits per heavy atom. The molecule has 0 bridgehead atoms. The van der Waals surface area contributed by atoms with Crippen molar-refractivity contribution in [1.82, 2.24) is 14.7 Å². The van der Waals surface area contributed by atoms with Crippen LogP contribution < -0.4 is 0 Å². The molecule has 2 saturated heterocycles. The first kappa shape index (κ1) is 16.9. The van der Waals surface area contributed by atoms with Gasteiger partial charge in [-0.25, -0.2) is 8.78 Å². The van der Waals surface area contributed by atoms with E-state index in [1.807, 2.05) is 18.0 Å². The van der Waals surface area contributed by atoms with Crippen LogP contribution >= 0.6 is 0 Å². The molecule has 0 unspecified atom stereocenters. The average Bonchev–Trinajstić information content (AvgIpc) is 3.17. The Labute approximate surface area is 146 Å². The number of carbonyl (C=O) groups is 1. The fraction of sp³-hybridized carbons (Fsp3) is 0.778. The van der Waals surface area contributed by atoms with E-state index in [-0.39, 0.29) is 36.7 Å². The normalized spacial score (nSPS) is 30.4. The van der Waals surface area contributed by atoms with Crippen LogP contribution in [0.5, 0.6) is 0 Å². The third-order valence-corrected chi connectivity index (χ3v) is 6.09. The zero-order valence-corrected chi connectivity index (χ0v) is 14.6. The van der Waals surface area contributed by atoms with E-state index in [0.29, 0.717) is 19.6 Å². The van der Waals surface area contributed by atoms with Gasteiger partial charge in [-0.05, 0) is 31.7 Å². The number of ether oxygens (including phenoxy) is 1. The van der Waals surface area contributed by atoms with Gasteiger partial charge in [-0.2, -0.15) is 5.10 Å². The van der Waals surface area contributed by atoms with Gasteiger partial charge < -0.3 is 9.64 Å². The predicted molar refractivity (Wildman–Crippen MR) is 87.4 cm³/mol. The van der Waals surface area contributed by atoms with Gasteiger partial charge >= 0.3 is 0 Å². The molecule has 25 heavy (non-hydrogen) atoms. The molecule has 2 atom stereocenters. The molecule has 2 aliphatic heterocycles. The molecule has 1 aliphatic carbocycles. The van der Waals surface area contributed by atoms with Gasteiger partial charge in [0.25, 0.3) is 0 Å². The van der Waals surface area contributed by atoms with E-state index in [9.17, 15) is 13.6 Å². The van der Waals surface area contributed by atoms with Crippen LogP contribution in [0.25, 0.3) is 0 Å². The molecule has 3 aliphatic rings. The lowest BCUT2D eigenvalue weighted by atomic mass is 9.73. The van der Waals surface area contributed by atoms with E-state index in [1.165, 1.54) is 0 Å². The average molecular weight is 353 g/mol. The van der Waals surface area contributed by atoms with E-state index in [2.05, 4.69) is 5.10 Å². The van der Waals surface area contributed by atoms with Crippen LogP contribution in [0.3, 0.4) is 0 Å². The van der Waals surface area contributed by atoms with Crippen molar-refractivity contribution in [2.24, 2.45) is 5.92 Å². The number of piperidine rings is 1. The largest absolute Gasteiger partial charge is 0.369 e. The smallest absolute Gasteiger partial charge is 0.248 e. The Hall–Kier alpha value is -1.50. The first-order valence-electron chi connectivity index (χ1n) is 9.24. The number of rotatable bonds is 3. The highest BCUT2D eigenvalue weighted by atomic mass is 19.3. The van der Waals surface area contributed by atoms with Crippen LogP contribution in [0.2, 0.25) is 0 Å². The minimum absolute atomic E-state index is 0.0119. The summed E-state index contributed by atoms with van der Waals surface area (Å²) >= 11 is 0. The fourth-order valence-electron chi connectivity index (χ4n) is 4.28. The highest BCUT2D eigenvalue weighted by Gasteiger charge is 2.50. The third-order valence-electron chi connectivity index (χ3n) is 6.09. The Morgan fingerprint density at radius 2 is 2.08 bits per heavy atom. The topological polar surface area (TPSA) is 50.7 Å². The van der Waals surface area contributed by atoms with Crippen molar-refractivity contribution in [3.63, 3.8) is 0 Å². The first-order valence-corrected chi connectivity index (χ1v) is 9.24. The number of carbonyl (C=O) groups excluding carboxylic acids is 1. The molecule has 1 saturated carbocycles. The van der Waals surface area contributed by atoms with Crippen molar-refractivity contribution in [2.75, 3.05) is 19.7 Å². The monoisotopic (exact) mass is 353 g/mol. The van der Waals surface area contributed by atoms with Crippen LogP contribution in [0.15, 0.2) is 12.4 Å². The highest BCUT2D eigenvalue weighted by molar-refractivity contribution is 5.80. The standard InChI is InChI=1S/C18H25F2N3O2/c1-2-23-11-13(10-21-23)15-9-18(19,20)4-3-14(15)16(24)22-7-5-17(6-8-22)12-25-17/h10-11,14-15H,2-9,12H2,1H3/t14-,15+/m1/s1. The van der Waals surface area contributed by atoms with Crippen molar-refractivity contribution < 1.29 is 18.3 Å². The number of halogens is 2. The molecule has 7 heteroatoms. The molecule has 0 aromatic carbocycles. The minimum Gasteiger partial charge on any atom is -0.369 e. The molecule has 1 amide bonds. The van der Waals surface area contributed by atoms with Gasteiger partial charge in [0.2, 0.25) is 11.8 Å². The van der Waals surface area contributed by atoms with Crippen molar-refractivity contribution in [3.05, 3.63) is 18.0 Å². The summed E-state index contributed by atoms with van der Waals surface area (Å²) in [6.45, 7) is 4.79. The lowest BCUT2D eigenvalue weighted by Gasteiger charge is -2.39. The lowest BCUT2D eigenvalue weighted by molar-refractivity contribution is -0.142. The zero-order chi connectivity index (χ0) is 17.7. The summed E-state index contributed by atoms with van der Waals surface area (Å²) in [5.74, 6) is -3.50. The van der Waals surface area contributed by atoms with Crippen molar-refractivity contribution in [2.45, 2.75) is 63.0 Å². The first-order chi connectivity index (χ1) is 11.9. The molecular formula is C18H25F2N3O2. The minimum atomic E-state index is -2.70. The maximum Gasteiger partial charge on any atom is 0.248 e. The van der Waals surface area contributed by atoms with Crippen molar-refractivity contribution in [1.29, 1.82) is 0 Å². The zero-order valence-electron chi connectivity index (χ0n) is 14.6. The van der Waals surface area contributed by atoms with E-state index in [4.69, 9.17) is 4.74 Å². The Morgan fingerprint density at radius 3 is 2.68 bits per heavy atom. The van der Waals surface area contributed by atoms with Crippen molar-refractivity contribution in [3.8, 4) is 0 Å². The van der Waals surface area contributed by atoms with Gasteiger partial charge in [0, 0.05) is 50.5 Å². The summed E-state index contributed by atoms with van der Waals surface area (Å²) < 4.78 is 35.3. The third kappa shape index (κ3) is 3.30. The summed E-state index contributed by atoms with van der Waals surface area (Å²) in [6, 6.07) is 0. The summed E-state index contributed by atoms with van der Waals surface area (Å²) in [7, 11) is 0. The van der Waals surface area contributed by atoms with E-state index >= 15 is 0 Å². The van der Waals surface area contributed by atoms with Crippen LogP contribution in [0, 0.1) is 5.92 Å². The molecule has 1 aromatic heterocycles. The quantitative estimate of drug-likeness (QED) is 0.785. The summed E-state index contributed by atoms with van der Waals surface area (Å²) in [5.41, 5.74) is 0.775. The van der Waals surface area contributed by atoms with Crippen LogP contribution in [-0.4, -0.2) is 51.8 Å². The second-order valence-corrected chi connectivity index (χ2v) is 7.74. The maximum absolute atomic E-state index is 14.0. The summed E-state index contributed by atoms with van der Waals surface area (Å²) in [4.78, 5) is 14.9. The second kappa shape index (κ2) is 6.04. The number of hydrogen-bond acceptors (Lipinski definition) is 3. The maximum atomic E-state index is 14.0. The molecule has 3 heterocycles. The Bertz CT molecular complexity index is 647. The van der Waals surface area contributed by atoms with Crippen LogP contribution in [-0.2, 0) is 16.1 Å². The van der Waals surface area contributed by atoms with Gasteiger partial charge in [0.15, 0.2) is 0 Å². The predicted octanol–water partition coefficient (Wildman–Crippen LogP) is 2.81. The SMILES string of the molecule is CCn1cc([C@@H]2CC(F)(F)CC[C@H]2C(=O)N2CCC3(CC2)CO3)cn1. The Balaban J connectivity index is 1.52. The van der Waals surface area contributed by atoms with Crippen molar-refractivity contribution >= 4 is 5.91 Å². The van der Waals surface area contributed by atoms with Crippen LogP contribution in [0.4, 0.5) is 8.78 Å². The lowest BCUT2D eigenvalue weighted by Crippen LogP contribution is -2.47. The fourth-order valence-corrected chi connectivity index (χ4v) is 4.28. The van der Waals surface area contributed by atoms with Gasteiger partial charge in [-0.1, -0.05) is 0 Å². The molecule has 1 aromatic rings. The van der Waals surface area contributed by atoms with Gasteiger partial charge in [0.1, 0.15) is 0 Å². The molecule has 5 nitrogen and oxygen atoms in total. The highest BCUT2D eigenvalue weighted by Crippen LogP contribution is 2.46. The molecule has 4 rings (SSSR count). The van der Waals surface area contributed by atoms with Gasteiger partial charge in [-0.3, -0.25) is 9.48 Å². The molecule has 0 radical (unpaired) electrons. The van der Waals surface area contributed by atoms with Crippen LogP contribution in [0.1, 0.15) is 50.5 Å². The Kier molecular flexibility index (Phi) is 4.09. The number of likely N-dealkylation sites (tertiary alicyclic amines) is 1. The number of hydrogen-bond donors (Lipinski definition) is 0. The number of nitrogens with zero attached hydrogens (tertiary/aromatic N) is 3. The van der Waals surface area contributed by atoms with E-state index in [0.717, 1.165) is 25.0 Å². The molecule has 138 valence electrons. The van der Waals surface area contributed by atoms with Gasteiger partial charge in [-0.15, -0.1) is 0 Å². The number of epoxide rings is 1. The summed E-state index contributed by atoms with van der Waals surface area (Å²) in [6.07, 6.45) is 4.96. The summed E-state index contributed by atoms with van der Waals surface area (Å²) in [5, 5.41) is 4.22. The number of aryl methyl sites for hydroxylation is 1. The number of amides is 1. The molecule has 1 spiro atoms. The number of aromatic nitrogens is 2. The van der Waals surface area contributed by atoms with E-state index < -0.39 is 11.8 Å². The van der Waals surface area contributed by atoms with Gasteiger partial charge in [0.05, 0.1) is 18.4 Å². The second-order valence-electron chi connectivity index (χ2n) is 7.74. The molecule has 3 fully saturated rings. The molecular weight excluding hydrogens is 328 g/mol. The number of alkyl halides is 2. The molecule has 0 N–H and O–H groups in total. The van der Waals surface area contributed by atoms with E-state index in [1.54, 1.807) is 10.9 Å².